The van der Waals surface area contributed by atoms with E-state index in [1.54, 1.807) is 12.1 Å². The van der Waals surface area contributed by atoms with Crippen molar-refractivity contribution < 1.29 is 10.2 Å². The molecule has 0 aromatic heterocycles. The summed E-state index contributed by atoms with van der Waals surface area (Å²) in [5.41, 5.74) is 0.865. The Hall–Kier alpha value is -0.180. The third kappa shape index (κ3) is 10.2. The van der Waals surface area contributed by atoms with Gasteiger partial charge in [-0.25, -0.2) is 0 Å². The van der Waals surface area contributed by atoms with Crippen LogP contribution in [-0.4, -0.2) is 39.8 Å². The van der Waals surface area contributed by atoms with Crippen LogP contribution in [0, 0.1) is 0 Å². The van der Waals surface area contributed by atoms with Gasteiger partial charge in [0, 0.05) is 29.6 Å². The van der Waals surface area contributed by atoms with Crippen LogP contribution < -0.4 is 0 Å². The van der Waals surface area contributed by atoms with E-state index in [1.165, 1.54) is 63.9 Å². The normalized spacial score (nSPS) is 10.3. The zero-order valence-corrected chi connectivity index (χ0v) is 15.9. The number of aromatic hydroxyl groups is 2. The van der Waals surface area contributed by atoms with Crippen LogP contribution in [0.3, 0.4) is 0 Å². The Morgan fingerprint density at radius 1 is 0.762 bits per heavy atom. The van der Waals surface area contributed by atoms with E-state index in [1.807, 2.05) is 0 Å². The Morgan fingerprint density at radius 3 is 1.86 bits per heavy atom. The molecule has 0 spiro atoms. The van der Waals surface area contributed by atoms with Crippen LogP contribution in [-0.2, 0) is 6.42 Å². The molecule has 0 amide bonds. The fourth-order valence-corrected chi connectivity index (χ4v) is 2.58. The van der Waals surface area contributed by atoms with Gasteiger partial charge < -0.3 is 10.2 Å². The summed E-state index contributed by atoms with van der Waals surface area (Å²) >= 11 is 0. The Morgan fingerprint density at radius 2 is 1.29 bits per heavy atom. The molecule has 1 aromatic rings. The van der Waals surface area contributed by atoms with E-state index in [2.05, 4.69) is 6.92 Å². The Kier molecular flexibility index (Phi) is 13.4. The van der Waals surface area contributed by atoms with Crippen molar-refractivity contribution in [3.05, 3.63) is 23.8 Å². The summed E-state index contributed by atoms with van der Waals surface area (Å²) in [7, 11) is 0. The predicted octanol–water partition coefficient (Wildman–Crippen LogP) is 5.18. The Balaban J connectivity index is 0.00000400. The first-order valence-corrected chi connectivity index (χ1v) is 8.25. The maximum absolute atomic E-state index is 9.67. The van der Waals surface area contributed by atoms with Gasteiger partial charge in [-0.2, -0.15) is 0 Å². The van der Waals surface area contributed by atoms with Crippen molar-refractivity contribution in [1.29, 1.82) is 0 Å². The first kappa shape index (κ1) is 20.8. The van der Waals surface area contributed by atoms with Crippen molar-refractivity contribution in [2.75, 3.05) is 0 Å². The molecule has 115 valence electrons. The van der Waals surface area contributed by atoms with Crippen LogP contribution in [0.5, 0.6) is 11.5 Å². The first-order chi connectivity index (χ1) is 9.74. The monoisotopic (exact) mass is 301 g/mol. The minimum Gasteiger partial charge on any atom is -0.508 e. The van der Waals surface area contributed by atoms with Gasteiger partial charge in [-0.1, -0.05) is 64.7 Å². The molecule has 0 bridgehead atoms. The number of rotatable bonds is 11. The molecule has 2 N–H and O–H groups in total. The van der Waals surface area contributed by atoms with Gasteiger partial charge in [0.25, 0.3) is 0 Å². The van der Waals surface area contributed by atoms with Gasteiger partial charge in [0.05, 0.1) is 0 Å². The summed E-state index contributed by atoms with van der Waals surface area (Å²) in [4.78, 5) is 0. The summed E-state index contributed by atoms with van der Waals surface area (Å²) in [6.07, 6.45) is 14.0. The van der Waals surface area contributed by atoms with Crippen LogP contribution in [0.2, 0.25) is 0 Å². The van der Waals surface area contributed by atoms with Gasteiger partial charge >= 0.3 is 0 Å². The molecule has 0 unspecified atom stereocenters. The average molecular weight is 301 g/mol. The number of hydrogen-bond acceptors (Lipinski definition) is 2. The fraction of sp³-hybridized carbons (Fsp3) is 0.667. The third-order valence-corrected chi connectivity index (χ3v) is 3.86. The second kappa shape index (κ2) is 13.5. The largest absolute Gasteiger partial charge is 0.508 e. The molecule has 0 aliphatic heterocycles. The zero-order chi connectivity index (χ0) is 14.6. The minimum absolute atomic E-state index is 0. The van der Waals surface area contributed by atoms with Crippen LogP contribution in [0.25, 0.3) is 0 Å². The van der Waals surface area contributed by atoms with E-state index in [-0.39, 0.29) is 35.3 Å². The minimum atomic E-state index is 0. The quantitative estimate of drug-likeness (QED) is 0.336. The van der Waals surface area contributed by atoms with Crippen molar-refractivity contribution in [3.8, 4) is 11.5 Å². The smallest absolute Gasteiger partial charge is 0.119 e. The molecule has 1 radical (unpaired) electrons. The van der Waals surface area contributed by atoms with Gasteiger partial charge in [-0.05, 0) is 36.6 Å². The summed E-state index contributed by atoms with van der Waals surface area (Å²) in [6, 6.07) is 4.77. The third-order valence-electron chi connectivity index (χ3n) is 3.86. The van der Waals surface area contributed by atoms with Crippen LogP contribution in [0.4, 0.5) is 0 Å². The van der Waals surface area contributed by atoms with E-state index in [4.69, 9.17) is 0 Å². The number of benzene rings is 1. The summed E-state index contributed by atoms with van der Waals surface area (Å²) < 4.78 is 0. The Bertz CT molecular complexity index is 366. The molecular formula is C18H30NaO2. The van der Waals surface area contributed by atoms with Crippen molar-refractivity contribution in [3.63, 3.8) is 0 Å². The van der Waals surface area contributed by atoms with Gasteiger partial charge in [-0.15, -0.1) is 0 Å². The molecule has 0 saturated carbocycles. The molecule has 2 nitrogen and oxygen atoms in total. The maximum Gasteiger partial charge on any atom is 0.119 e. The molecule has 0 heterocycles. The average Bonchev–Trinajstić information content (AvgIpc) is 2.44. The van der Waals surface area contributed by atoms with Crippen LogP contribution in [0.15, 0.2) is 18.2 Å². The molecule has 0 atom stereocenters. The first-order valence-electron chi connectivity index (χ1n) is 8.25. The van der Waals surface area contributed by atoms with E-state index in [0.29, 0.717) is 5.75 Å². The SMILES string of the molecule is CCCCCCCCCCCCc1cc(O)ccc1O.[Na]. The molecule has 0 saturated heterocycles. The van der Waals surface area contributed by atoms with E-state index in [9.17, 15) is 10.2 Å². The Labute approximate surface area is 152 Å². The number of unbranched alkanes of at least 4 members (excludes halogenated alkanes) is 9. The van der Waals surface area contributed by atoms with Crippen LogP contribution in [0.1, 0.15) is 76.7 Å². The van der Waals surface area contributed by atoms with E-state index >= 15 is 0 Å². The number of aryl methyl sites for hydroxylation is 1. The fourth-order valence-electron chi connectivity index (χ4n) is 2.58. The van der Waals surface area contributed by atoms with Crippen LogP contribution >= 0.6 is 0 Å². The predicted molar refractivity (Wildman–Crippen MR) is 91.1 cm³/mol. The number of phenolic OH excluding ortho intramolecular Hbond substituents is 2. The molecule has 0 fully saturated rings. The second-order valence-electron chi connectivity index (χ2n) is 5.74. The molecule has 1 aromatic carbocycles. The van der Waals surface area contributed by atoms with Crippen molar-refractivity contribution in [2.45, 2.75) is 77.6 Å². The molecular weight excluding hydrogens is 271 g/mol. The van der Waals surface area contributed by atoms with Gasteiger partial charge in [0.1, 0.15) is 11.5 Å². The van der Waals surface area contributed by atoms with Gasteiger partial charge in [-0.3, -0.25) is 0 Å². The molecule has 21 heavy (non-hydrogen) atoms. The van der Waals surface area contributed by atoms with Crippen molar-refractivity contribution in [2.24, 2.45) is 0 Å². The summed E-state index contributed by atoms with van der Waals surface area (Å²) in [5, 5.41) is 19.1. The summed E-state index contributed by atoms with van der Waals surface area (Å²) in [6.45, 7) is 2.25. The number of hydrogen-bond donors (Lipinski definition) is 2. The van der Waals surface area contributed by atoms with E-state index in [0.717, 1.165) is 18.4 Å². The second-order valence-corrected chi connectivity index (χ2v) is 5.74. The summed E-state index contributed by atoms with van der Waals surface area (Å²) in [5.74, 6) is 0.545. The van der Waals surface area contributed by atoms with Gasteiger partial charge in [0.2, 0.25) is 0 Å². The van der Waals surface area contributed by atoms with Crippen molar-refractivity contribution >= 4 is 29.6 Å². The topological polar surface area (TPSA) is 40.5 Å². The standard InChI is InChI=1S/C18H30O2.Na/c1-2-3-4-5-6-7-8-9-10-11-12-16-15-17(19)13-14-18(16)20;/h13-15,19-20H,2-12H2,1H3;. The number of phenols is 2. The maximum atomic E-state index is 9.67. The van der Waals surface area contributed by atoms with Crippen molar-refractivity contribution in [1.82, 2.24) is 0 Å². The molecule has 0 aliphatic rings. The molecule has 0 aliphatic carbocycles. The van der Waals surface area contributed by atoms with E-state index < -0.39 is 0 Å². The van der Waals surface area contributed by atoms with Gasteiger partial charge in [0.15, 0.2) is 0 Å². The molecule has 1 rings (SSSR count). The zero-order valence-electron chi connectivity index (χ0n) is 13.9. The molecule has 3 heteroatoms.